The Morgan fingerprint density at radius 2 is 2.11 bits per heavy atom. The molecule has 0 saturated heterocycles. The minimum atomic E-state index is -0.601. The van der Waals surface area contributed by atoms with E-state index in [0.29, 0.717) is 11.6 Å². The fraction of sp³-hybridized carbons (Fsp3) is 0.0714. The molecule has 19 heavy (non-hydrogen) atoms. The van der Waals surface area contributed by atoms with Gasteiger partial charge in [0.05, 0.1) is 0 Å². The van der Waals surface area contributed by atoms with Gasteiger partial charge in [0.15, 0.2) is 0 Å². The van der Waals surface area contributed by atoms with E-state index < -0.39 is 5.82 Å². The molecule has 0 saturated carbocycles. The van der Waals surface area contributed by atoms with Gasteiger partial charge in [-0.2, -0.15) is 5.26 Å². The van der Waals surface area contributed by atoms with E-state index in [0.717, 1.165) is 10.0 Å². The summed E-state index contributed by atoms with van der Waals surface area (Å²) in [5.74, 6) is 0.469. The molecule has 0 atom stereocenters. The normalized spacial score (nSPS) is 10.0. The summed E-state index contributed by atoms with van der Waals surface area (Å²) in [5.41, 5.74) is 0.814. The van der Waals surface area contributed by atoms with Gasteiger partial charge < -0.3 is 4.74 Å². The Labute approximate surface area is 123 Å². The van der Waals surface area contributed by atoms with Crippen LogP contribution in [-0.2, 0) is 5.88 Å². The number of hydrogen-bond donors (Lipinski definition) is 0. The Bertz CT molecular complexity index is 654. The van der Waals surface area contributed by atoms with Gasteiger partial charge in [0.2, 0.25) is 0 Å². The van der Waals surface area contributed by atoms with Crippen molar-refractivity contribution in [2.75, 3.05) is 0 Å². The molecule has 0 fully saturated rings. The first-order valence-corrected chi connectivity index (χ1v) is 6.69. The second-order valence-corrected chi connectivity index (χ2v) is 4.84. The van der Waals surface area contributed by atoms with Crippen molar-refractivity contribution in [1.29, 1.82) is 5.26 Å². The molecule has 0 amide bonds. The minimum absolute atomic E-state index is 0.111. The maximum absolute atomic E-state index is 13.4. The molecular weight excluding hydrogens is 333 g/mol. The van der Waals surface area contributed by atoms with Gasteiger partial charge in [-0.1, -0.05) is 28.1 Å². The average molecular weight is 341 g/mol. The predicted octanol–water partition coefficient (Wildman–Crippen LogP) is 4.99. The minimum Gasteiger partial charge on any atom is -0.456 e. The molecule has 5 heteroatoms. The van der Waals surface area contributed by atoms with Gasteiger partial charge in [-0.05, 0) is 29.8 Å². The van der Waals surface area contributed by atoms with Crippen LogP contribution in [0.5, 0.6) is 11.5 Å². The highest BCUT2D eigenvalue weighted by molar-refractivity contribution is 9.10. The third kappa shape index (κ3) is 3.06. The molecule has 0 bridgehead atoms. The van der Waals surface area contributed by atoms with Gasteiger partial charge in [-0.25, -0.2) is 4.39 Å². The highest BCUT2D eigenvalue weighted by atomic mass is 79.9. The lowest BCUT2D eigenvalue weighted by Gasteiger charge is -2.09. The van der Waals surface area contributed by atoms with Crippen LogP contribution < -0.4 is 4.74 Å². The molecule has 2 nitrogen and oxygen atoms in total. The Morgan fingerprint density at radius 3 is 2.74 bits per heavy atom. The maximum Gasteiger partial charge on any atom is 0.148 e. The van der Waals surface area contributed by atoms with Crippen molar-refractivity contribution < 1.29 is 9.13 Å². The van der Waals surface area contributed by atoms with Gasteiger partial charge in [-0.3, -0.25) is 0 Å². The molecule has 0 spiro atoms. The standard InChI is InChI=1S/C14H8BrClFNO/c15-12-6-10(5-4-9(12)7-16)19-14-3-1-2-13(17)11(14)8-18/h1-6H,7H2. The second kappa shape index (κ2) is 6.05. The molecule has 0 aliphatic heterocycles. The molecule has 0 aliphatic rings. The largest absolute Gasteiger partial charge is 0.456 e. The zero-order valence-electron chi connectivity index (χ0n) is 9.66. The summed E-state index contributed by atoms with van der Waals surface area (Å²) in [4.78, 5) is 0. The molecular formula is C14H8BrClFNO. The molecule has 0 aliphatic carbocycles. The van der Waals surface area contributed by atoms with E-state index in [1.165, 1.54) is 12.1 Å². The van der Waals surface area contributed by atoms with E-state index in [2.05, 4.69) is 15.9 Å². The fourth-order valence-corrected chi connectivity index (χ4v) is 2.42. The van der Waals surface area contributed by atoms with Crippen LogP contribution in [0.25, 0.3) is 0 Å². The lowest BCUT2D eigenvalue weighted by atomic mass is 10.2. The van der Waals surface area contributed by atoms with Crippen molar-refractivity contribution >= 4 is 27.5 Å². The maximum atomic E-state index is 13.4. The molecule has 0 unspecified atom stereocenters. The van der Waals surface area contributed by atoms with Gasteiger partial charge in [0.25, 0.3) is 0 Å². The smallest absolute Gasteiger partial charge is 0.148 e. The van der Waals surface area contributed by atoms with Crippen LogP contribution >= 0.6 is 27.5 Å². The Morgan fingerprint density at radius 1 is 1.32 bits per heavy atom. The molecule has 2 aromatic rings. The van der Waals surface area contributed by atoms with Crippen molar-refractivity contribution in [3.8, 4) is 17.6 Å². The summed E-state index contributed by atoms with van der Waals surface area (Å²) in [6.07, 6.45) is 0. The third-order valence-corrected chi connectivity index (χ3v) is 3.51. The Kier molecular flexibility index (Phi) is 4.41. The zero-order valence-corrected chi connectivity index (χ0v) is 12.0. The van der Waals surface area contributed by atoms with Crippen LogP contribution in [0.3, 0.4) is 0 Å². The molecule has 0 heterocycles. The molecule has 96 valence electrons. The first-order chi connectivity index (χ1) is 9.15. The molecule has 2 aromatic carbocycles. The Hall–Kier alpha value is -1.57. The average Bonchev–Trinajstić information content (AvgIpc) is 2.39. The van der Waals surface area contributed by atoms with Crippen molar-refractivity contribution in [1.82, 2.24) is 0 Å². The zero-order chi connectivity index (χ0) is 13.8. The van der Waals surface area contributed by atoms with Crippen LogP contribution in [0.2, 0.25) is 0 Å². The molecule has 0 radical (unpaired) electrons. The summed E-state index contributed by atoms with van der Waals surface area (Å²) in [7, 11) is 0. The third-order valence-electron chi connectivity index (χ3n) is 2.48. The number of rotatable bonds is 3. The van der Waals surface area contributed by atoms with Crippen LogP contribution in [0.4, 0.5) is 4.39 Å². The number of hydrogen-bond acceptors (Lipinski definition) is 2. The Balaban J connectivity index is 2.34. The van der Waals surface area contributed by atoms with E-state index in [4.69, 9.17) is 21.6 Å². The molecule has 2 rings (SSSR count). The van der Waals surface area contributed by atoms with E-state index in [-0.39, 0.29) is 11.3 Å². The van der Waals surface area contributed by atoms with E-state index >= 15 is 0 Å². The monoisotopic (exact) mass is 339 g/mol. The van der Waals surface area contributed by atoms with Gasteiger partial charge in [0, 0.05) is 10.4 Å². The summed E-state index contributed by atoms with van der Waals surface area (Å²) < 4.78 is 19.7. The van der Waals surface area contributed by atoms with Crippen molar-refractivity contribution in [3.63, 3.8) is 0 Å². The summed E-state index contributed by atoms with van der Waals surface area (Å²) in [6, 6.07) is 11.3. The highest BCUT2D eigenvalue weighted by Gasteiger charge is 2.10. The summed E-state index contributed by atoms with van der Waals surface area (Å²) >= 11 is 9.12. The fourth-order valence-electron chi connectivity index (χ4n) is 1.52. The SMILES string of the molecule is N#Cc1c(F)cccc1Oc1ccc(CCl)c(Br)c1. The topological polar surface area (TPSA) is 33.0 Å². The van der Waals surface area contributed by atoms with Gasteiger partial charge in [-0.15, -0.1) is 11.6 Å². The first-order valence-electron chi connectivity index (χ1n) is 5.36. The summed E-state index contributed by atoms with van der Waals surface area (Å²) in [5, 5.41) is 8.92. The van der Waals surface area contributed by atoms with Crippen molar-refractivity contribution in [3.05, 3.63) is 57.8 Å². The van der Waals surface area contributed by atoms with Crippen LogP contribution in [-0.4, -0.2) is 0 Å². The van der Waals surface area contributed by atoms with E-state index in [1.54, 1.807) is 30.3 Å². The quantitative estimate of drug-likeness (QED) is 0.737. The molecule has 0 aromatic heterocycles. The van der Waals surface area contributed by atoms with Crippen molar-refractivity contribution in [2.45, 2.75) is 5.88 Å². The lowest BCUT2D eigenvalue weighted by molar-refractivity contribution is 0.474. The first kappa shape index (κ1) is 13.9. The van der Waals surface area contributed by atoms with Crippen LogP contribution in [0.1, 0.15) is 11.1 Å². The van der Waals surface area contributed by atoms with Gasteiger partial charge >= 0.3 is 0 Å². The number of nitrogens with zero attached hydrogens (tertiary/aromatic N) is 1. The lowest BCUT2D eigenvalue weighted by Crippen LogP contribution is -1.92. The van der Waals surface area contributed by atoms with E-state index in [1.807, 2.05) is 0 Å². The second-order valence-electron chi connectivity index (χ2n) is 3.71. The number of halogens is 3. The predicted molar refractivity (Wildman–Crippen MR) is 74.9 cm³/mol. The number of alkyl halides is 1. The van der Waals surface area contributed by atoms with Gasteiger partial charge in [0.1, 0.15) is 28.9 Å². The number of ether oxygens (including phenoxy) is 1. The number of nitriles is 1. The number of benzene rings is 2. The van der Waals surface area contributed by atoms with Crippen LogP contribution in [0, 0.1) is 17.1 Å². The van der Waals surface area contributed by atoms with Crippen molar-refractivity contribution in [2.24, 2.45) is 0 Å². The summed E-state index contributed by atoms with van der Waals surface area (Å²) in [6.45, 7) is 0. The van der Waals surface area contributed by atoms with Crippen LogP contribution in [0.15, 0.2) is 40.9 Å². The van der Waals surface area contributed by atoms with E-state index in [9.17, 15) is 4.39 Å². The highest BCUT2D eigenvalue weighted by Crippen LogP contribution is 2.30. The molecule has 0 N–H and O–H groups in total.